The average molecular weight is 257 g/mol. The minimum Gasteiger partial charge on any atom is -0.311 e. The van der Waals surface area contributed by atoms with Gasteiger partial charge in [0, 0.05) is 18.5 Å². The van der Waals surface area contributed by atoms with E-state index in [1.807, 2.05) is 13.0 Å². The van der Waals surface area contributed by atoms with Gasteiger partial charge in [-0.05, 0) is 26.0 Å². The molecule has 0 aromatic carbocycles. The Bertz CT molecular complexity index is 472. The van der Waals surface area contributed by atoms with Gasteiger partial charge in [0.05, 0.1) is 5.69 Å². The van der Waals surface area contributed by atoms with Crippen LogP contribution in [0.25, 0.3) is 0 Å². The van der Waals surface area contributed by atoms with E-state index < -0.39 is 9.84 Å². The number of nitrogens with one attached hydrogen (secondary N) is 1. The van der Waals surface area contributed by atoms with Crippen molar-refractivity contribution in [3.63, 3.8) is 0 Å². The molecule has 0 aliphatic rings. The van der Waals surface area contributed by atoms with Gasteiger partial charge in [-0.25, -0.2) is 18.4 Å². The molecule has 17 heavy (non-hydrogen) atoms. The summed E-state index contributed by atoms with van der Waals surface area (Å²) in [5, 5.41) is 3.23. The number of hydrogen-bond donors (Lipinski definition) is 1. The van der Waals surface area contributed by atoms with Crippen molar-refractivity contribution in [3.8, 4) is 0 Å². The highest BCUT2D eigenvalue weighted by atomic mass is 32.2. The molecule has 1 rings (SSSR count). The molecule has 0 atom stereocenters. The molecule has 0 radical (unpaired) electrons. The Morgan fingerprint density at radius 2 is 2.06 bits per heavy atom. The van der Waals surface area contributed by atoms with Crippen molar-refractivity contribution in [2.75, 3.05) is 12.8 Å². The molecule has 1 heterocycles. The zero-order chi connectivity index (χ0) is 12.9. The monoisotopic (exact) mass is 257 g/mol. The fourth-order valence-electron chi connectivity index (χ4n) is 1.48. The van der Waals surface area contributed by atoms with Crippen molar-refractivity contribution >= 4 is 9.84 Å². The van der Waals surface area contributed by atoms with Crippen LogP contribution in [0, 0.1) is 6.92 Å². The van der Waals surface area contributed by atoms with Gasteiger partial charge < -0.3 is 5.32 Å². The lowest BCUT2D eigenvalue weighted by Gasteiger charge is -2.06. The zero-order valence-electron chi connectivity index (χ0n) is 10.5. The molecule has 0 fully saturated rings. The molecule has 6 heteroatoms. The summed E-state index contributed by atoms with van der Waals surface area (Å²) in [7, 11) is -3.08. The highest BCUT2D eigenvalue weighted by Crippen LogP contribution is 2.04. The summed E-state index contributed by atoms with van der Waals surface area (Å²) < 4.78 is 22.4. The maximum Gasteiger partial charge on any atom is 0.154 e. The lowest BCUT2D eigenvalue weighted by Crippen LogP contribution is -2.16. The van der Waals surface area contributed by atoms with Gasteiger partial charge in [-0.15, -0.1) is 0 Å². The average Bonchev–Trinajstić information content (AvgIpc) is 2.14. The number of nitrogens with zero attached hydrogens (tertiary/aromatic N) is 2. The summed E-state index contributed by atoms with van der Waals surface area (Å²) in [6.07, 6.45) is 2.24. The van der Waals surface area contributed by atoms with Gasteiger partial charge in [0.15, 0.2) is 9.84 Å². The van der Waals surface area contributed by atoms with Crippen LogP contribution in [0.4, 0.5) is 0 Å². The number of sulfone groups is 1. The molecule has 0 spiro atoms. The minimum absolute atomic E-state index is 0.102. The molecular formula is C11H19N3O2S. The summed E-state index contributed by atoms with van der Waals surface area (Å²) in [5.41, 5.74) is 1.64. The van der Waals surface area contributed by atoms with E-state index in [0.29, 0.717) is 12.4 Å². The van der Waals surface area contributed by atoms with E-state index in [1.54, 1.807) is 0 Å². The second kappa shape index (κ2) is 6.07. The molecule has 1 aromatic rings. The van der Waals surface area contributed by atoms with E-state index in [9.17, 15) is 8.42 Å². The Morgan fingerprint density at radius 1 is 1.35 bits per heavy atom. The van der Waals surface area contributed by atoms with Crippen LogP contribution in [0.3, 0.4) is 0 Å². The van der Waals surface area contributed by atoms with E-state index in [2.05, 4.69) is 22.2 Å². The SMILES string of the molecule is CCCNCc1cc(C)nc(CS(C)(=O)=O)n1. The molecule has 0 bridgehead atoms. The summed E-state index contributed by atoms with van der Waals surface area (Å²) in [5.74, 6) is 0.274. The number of rotatable bonds is 6. The van der Waals surface area contributed by atoms with Crippen LogP contribution < -0.4 is 5.32 Å². The highest BCUT2D eigenvalue weighted by Gasteiger charge is 2.09. The number of hydrogen-bond acceptors (Lipinski definition) is 5. The maximum absolute atomic E-state index is 11.2. The molecule has 0 amide bonds. The Morgan fingerprint density at radius 3 is 2.65 bits per heavy atom. The third kappa shape index (κ3) is 5.74. The van der Waals surface area contributed by atoms with Gasteiger partial charge in [0.2, 0.25) is 0 Å². The lowest BCUT2D eigenvalue weighted by molar-refractivity contribution is 0.599. The van der Waals surface area contributed by atoms with Crippen LogP contribution in [0.1, 0.15) is 30.6 Å². The first kappa shape index (κ1) is 14.1. The van der Waals surface area contributed by atoms with Crippen molar-refractivity contribution < 1.29 is 8.42 Å². The summed E-state index contributed by atoms with van der Waals surface area (Å²) in [6, 6.07) is 1.87. The predicted octanol–water partition coefficient (Wildman–Crippen LogP) is 0.829. The Kier molecular flexibility index (Phi) is 5.02. The topological polar surface area (TPSA) is 72.0 Å². The molecule has 1 N–H and O–H groups in total. The summed E-state index contributed by atoms with van der Waals surface area (Å²) in [4.78, 5) is 8.37. The van der Waals surface area contributed by atoms with Crippen molar-refractivity contribution in [3.05, 3.63) is 23.3 Å². The molecule has 1 aromatic heterocycles. The first-order valence-corrected chi connectivity index (χ1v) is 7.68. The van der Waals surface area contributed by atoms with Crippen LogP contribution in [0.5, 0.6) is 0 Å². The molecule has 0 aliphatic carbocycles. The predicted molar refractivity (Wildman–Crippen MR) is 67.3 cm³/mol. The Balaban J connectivity index is 2.79. The van der Waals surface area contributed by atoms with Gasteiger partial charge in [-0.1, -0.05) is 6.92 Å². The quantitative estimate of drug-likeness (QED) is 0.764. The third-order valence-electron chi connectivity index (χ3n) is 2.08. The largest absolute Gasteiger partial charge is 0.311 e. The van der Waals surface area contributed by atoms with Gasteiger partial charge in [-0.2, -0.15) is 0 Å². The van der Waals surface area contributed by atoms with E-state index in [1.165, 1.54) is 6.26 Å². The maximum atomic E-state index is 11.2. The first-order chi connectivity index (χ1) is 7.90. The smallest absolute Gasteiger partial charge is 0.154 e. The minimum atomic E-state index is -3.08. The molecule has 0 unspecified atom stereocenters. The normalized spacial score (nSPS) is 11.7. The molecule has 96 valence electrons. The van der Waals surface area contributed by atoms with Gasteiger partial charge >= 0.3 is 0 Å². The molecular weight excluding hydrogens is 238 g/mol. The summed E-state index contributed by atoms with van der Waals surface area (Å²) >= 11 is 0. The number of aromatic nitrogens is 2. The second-order valence-electron chi connectivity index (χ2n) is 4.16. The lowest BCUT2D eigenvalue weighted by atomic mass is 10.3. The van der Waals surface area contributed by atoms with Crippen molar-refractivity contribution in [2.24, 2.45) is 0 Å². The van der Waals surface area contributed by atoms with Crippen LogP contribution in [0.2, 0.25) is 0 Å². The first-order valence-electron chi connectivity index (χ1n) is 5.62. The van der Waals surface area contributed by atoms with E-state index in [0.717, 1.165) is 24.4 Å². The number of aryl methyl sites for hydroxylation is 1. The third-order valence-corrected chi connectivity index (χ3v) is 2.86. The van der Waals surface area contributed by atoms with Crippen LogP contribution >= 0.6 is 0 Å². The fourth-order valence-corrected chi connectivity index (χ4v) is 2.08. The van der Waals surface area contributed by atoms with Crippen LogP contribution in [0.15, 0.2) is 6.07 Å². The molecule has 5 nitrogen and oxygen atoms in total. The molecule has 0 saturated carbocycles. The van der Waals surface area contributed by atoms with Crippen LogP contribution in [-0.2, 0) is 22.1 Å². The van der Waals surface area contributed by atoms with Gasteiger partial charge in [0.25, 0.3) is 0 Å². The zero-order valence-corrected chi connectivity index (χ0v) is 11.3. The van der Waals surface area contributed by atoms with Gasteiger partial charge in [-0.3, -0.25) is 0 Å². The second-order valence-corrected chi connectivity index (χ2v) is 6.30. The summed E-state index contributed by atoms with van der Waals surface area (Å²) in [6.45, 7) is 5.50. The Hall–Kier alpha value is -1.01. The van der Waals surface area contributed by atoms with E-state index in [-0.39, 0.29) is 5.75 Å². The fraction of sp³-hybridized carbons (Fsp3) is 0.636. The van der Waals surface area contributed by atoms with Crippen molar-refractivity contribution in [1.82, 2.24) is 15.3 Å². The van der Waals surface area contributed by atoms with Crippen LogP contribution in [-0.4, -0.2) is 31.2 Å². The van der Waals surface area contributed by atoms with Crippen molar-refractivity contribution in [2.45, 2.75) is 32.6 Å². The molecule has 0 saturated heterocycles. The van der Waals surface area contributed by atoms with E-state index >= 15 is 0 Å². The standard InChI is InChI=1S/C11H19N3O2S/c1-4-5-12-7-10-6-9(2)13-11(14-10)8-17(3,15)16/h6,12H,4-5,7-8H2,1-3H3. The highest BCUT2D eigenvalue weighted by molar-refractivity contribution is 7.89. The van der Waals surface area contributed by atoms with Crippen molar-refractivity contribution in [1.29, 1.82) is 0 Å². The molecule has 0 aliphatic heterocycles. The Labute approximate surface area is 103 Å². The van der Waals surface area contributed by atoms with Gasteiger partial charge in [0.1, 0.15) is 11.6 Å². The van der Waals surface area contributed by atoms with E-state index in [4.69, 9.17) is 0 Å².